The predicted molar refractivity (Wildman–Crippen MR) is 55.3 cm³/mol. The molecular weight excluding hydrogens is 235 g/mol. The molecule has 6 heteroatoms. The lowest BCUT2D eigenvalue weighted by Crippen LogP contribution is -2.10. The third-order valence-electron chi connectivity index (χ3n) is 1.80. The Morgan fingerprint density at radius 3 is 2.59 bits per heavy atom. The summed E-state index contributed by atoms with van der Waals surface area (Å²) in [5.41, 5.74) is -0.934. The van der Waals surface area contributed by atoms with Crippen molar-refractivity contribution in [3.63, 3.8) is 0 Å². The first-order valence-corrected chi connectivity index (χ1v) is 4.53. The zero-order valence-corrected chi connectivity index (χ0v) is 8.51. The molecule has 0 saturated heterocycles. The minimum atomic E-state index is -4.45. The van der Waals surface area contributed by atoms with Crippen molar-refractivity contribution in [1.82, 2.24) is 0 Å². The van der Waals surface area contributed by atoms with E-state index in [9.17, 15) is 18.0 Å². The van der Waals surface area contributed by atoms with E-state index < -0.39 is 17.7 Å². The molecule has 2 N–H and O–H groups in total. The second-order valence-corrected chi connectivity index (χ2v) is 3.00. The number of anilines is 1. The average molecular weight is 243 g/mol. The van der Waals surface area contributed by atoms with E-state index in [1.165, 1.54) is 18.2 Å². The van der Waals surface area contributed by atoms with Gasteiger partial charge < -0.3 is 10.4 Å². The van der Waals surface area contributed by atoms with Crippen LogP contribution in [0.25, 0.3) is 0 Å². The monoisotopic (exact) mass is 243 g/mol. The molecule has 90 valence electrons. The van der Waals surface area contributed by atoms with Gasteiger partial charge in [0.05, 0.1) is 12.1 Å². The number of para-hydroxylation sites is 1. The molecule has 0 aliphatic heterocycles. The molecule has 0 bridgehead atoms. The summed E-state index contributed by atoms with van der Waals surface area (Å²) >= 11 is 0. The molecule has 1 rings (SSSR count). The predicted octanol–water partition coefficient (Wildman–Crippen LogP) is 2.21. The zero-order valence-electron chi connectivity index (χ0n) is 8.51. The van der Waals surface area contributed by atoms with E-state index >= 15 is 0 Å². The normalized spacial score (nSPS) is 10.3. The number of hydrogen-bond acceptors (Lipinski definition) is 2. The van der Waals surface area contributed by atoms with E-state index in [0.717, 1.165) is 6.07 Å². The van der Waals surface area contributed by atoms with Crippen molar-refractivity contribution in [2.45, 2.75) is 6.18 Å². The molecule has 0 amide bonds. The van der Waals surface area contributed by atoms with E-state index in [-0.39, 0.29) is 12.2 Å². The molecule has 0 unspecified atom stereocenters. The second-order valence-electron chi connectivity index (χ2n) is 3.00. The molecule has 3 nitrogen and oxygen atoms in total. The average Bonchev–Trinajstić information content (AvgIpc) is 2.23. The van der Waals surface area contributed by atoms with Gasteiger partial charge in [-0.1, -0.05) is 18.1 Å². The van der Waals surface area contributed by atoms with Gasteiger partial charge in [-0.25, -0.2) is 4.79 Å². The largest absolute Gasteiger partial charge is 0.472 e. The lowest BCUT2D eigenvalue weighted by molar-refractivity contribution is -0.137. The standard InChI is InChI=1S/C11H8F3NO2/c12-11(13,14)8-4-1-2-5-9(8)15-7-3-6-10(16)17/h1-2,4-5,15H,7H2,(H,16,17). The minimum Gasteiger partial charge on any atom is -0.472 e. The maximum atomic E-state index is 12.5. The van der Waals surface area contributed by atoms with Crippen LogP contribution >= 0.6 is 0 Å². The van der Waals surface area contributed by atoms with Crippen LogP contribution in [-0.2, 0) is 11.0 Å². The third-order valence-corrected chi connectivity index (χ3v) is 1.80. The van der Waals surface area contributed by atoms with Crippen molar-refractivity contribution in [2.75, 3.05) is 11.9 Å². The van der Waals surface area contributed by atoms with Crippen molar-refractivity contribution in [3.8, 4) is 11.8 Å². The van der Waals surface area contributed by atoms with Gasteiger partial charge in [0.15, 0.2) is 0 Å². The van der Waals surface area contributed by atoms with Gasteiger partial charge in [-0.05, 0) is 12.1 Å². The van der Waals surface area contributed by atoms with Crippen LogP contribution in [0.4, 0.5) is 18.9 Å². The molecule has 0 aliphatic carbocycles. The lowest BCUT2D eigenvalue weighted by Gasteiger charge is -2.12. The van der Waals surface area contributed by atoms with Crippen LogP contribution in [0.15, 0.2) is 24.3 Å². The lowest BCUT2D eigenvalue weighted by atomic mass is 10.1. The Labute approximate surface area is 95.3 Å². The van der Waals surface area contributed by atoms with Gasteiger partial charge in [0.2, 0.25) is 0 Å². The first-order valence-electron chi connectivity index (χ1n) is 4.53. The molecular formula is C11H8F3NO2. The van der Waals surface area contributed by atoms with Crippen LogP contribution in [0.5, 0.6) is 0 Å². The number of carboxylic acid groups (broad SMARTS) is 1. The Morgan fingerprint density at radius 2 is 2.00 bits per heavy atom. The third kappa shape index (κ3) is 4.07. The van der Waals surface area contributed by atoms with Crippen molar-refractivity contribution < 1.29 is 23.1 Å². The van der Waals surface area contributed by atoms with Crippen LogP contribution in [-0.4, -0.2) is 17.6 Å². The fourth-order valence-electron chi connectivity index (χ4n) is 1.14. The quantitative estimate of drug-likeness (QED) is 0.783. The first-order chi connectivity index (χ1) is 7.91. The Hall–Kier alpha value is -2.16. The van der Waals surface area contributed by atoms with Gasteiger partial charge in [-0.2, -0.15) is 13.2 Å². The van der Waals surface area contributed by atoms with Crippen molar-refractivity contribution in [3.05, 3.63) is 29.8 Å². The van der Waals surface area contributed by atoms with Crippen LogP contribution < -0.4 is 5.32 Å². The summed E-state index contributed by atoms with van der Waals surface area (Å²) in [6.45, 7) is -0.167. The molecule has 0 atom stereocenters. The smallest absolute Gasteiger partial charge is 0.418 e. The van der Waals surface area contributed by atoms with Crippen molar-refractivity contribution >= 4 is 11.7 Å². The number of alkyl halides is 3. The molecule has 0 radical (unpaired) electrons. The SMILES string of the molecule is O=C(O)C#CCNc1ccccc1C(F)(F)F. The summed E-state index contributed by atoms with van der Waals surface area (Å²) in [4.78, 5) is 10.1. The molecule has 0 saturated carbocycles. The van der Waals surface area contributed by atoms with Crippen LogP contribution in [0.3, 0.4) is 0 Å². The van der Waals surface area contributed by atoms with E-state index in [0.29, 0.717) is 0 Å². The number of hydrogen-bond donors (Lipinski definition) is 2. The molecule has 1 aromatic carbocycles. The summed E-state index contributed by atoms with van der Waals surface area (Å²) < 4.78 is 37.5. The number of rotatable bonds is 2. The van der Waals surface area contributed by atoms with E-state index in [4.69, 9.17) is 5.11 Å². The molecule has 0 spiro atoms. The highest BCUT2D eigenvalue weighted by Crippen LogP contribution is 2.34. The highest BCUT2D eigenvalue weighted by atomic mass is 19.4. The van der Waals surface area contributed by atoms with Gasteiger partial charge in [-0.15, -0.1) is 0 Å². The van der Waals surface area contributed by atoms with Crippen LogP contribution in [0, 0.1) is 11.8 Å². The van der Waals surface area contributed by atoms with Gasteiger partial charge in [-0.3, -0.25) is 0 Å². The molecule has 17 heavy (non-hydrogen) atoms. The summed E-state index contributed by atoms with van der Waals surface area (Å²) in [5.74, 6) is 2.66. The van der Waals surface area contributed by atoms with Crippen LogP contribution in [0.1, 0.15) is 5.56 Å². The second kappa shape index (κ2) is 5.25. The van der Waals surface area contributed by atoms with Gasteiger partial charge in [0.25, 0.3) is 0 Å². The van der Waals surface area contributed by atoms with Crippen LogP contribution in [0.2, 0.25) is 0 Å². The van der Waals surface area contributed by atoms with Gasteiger partial charge >= 0.3 is 12.1 Å². The molecule has 0 aromatic heterocycles. The Morgan fingerprint density at radius 1 is 1.35 bits per heavy atom. The number of carboxylic acids is 1. The summed E-state index contributed by atoms with van der Waals surface area (Å²) in [5, 5.41) is 10.6. The maximum Gasteiger partial charge on any atom is 0.418 e. The zero-order chi connectivity index (χ0) is 12.9. The highest BCUT2D eigenvalue weighted by molar-refractivity contribution is 5.86. The van der Waals surface area contributed by atoms with E-state index in [1.807, 2.05) is 0 Å². The molecule has 0 fully saturated rings. The van der Waals surface area contributed by atoms with Gasteiger partial charge in [0, 0.05) is 11.6 Å². The van der Waals surface area contributed by atoms with E-state index in [2.05, 4.69) is 11.2 Å². The summed E-state index contributed by atoms with van der Waals surface area (Å²) in [6, 6.07) is 4.91. The minimum absolute atomic E-state index is 0.125. The molecule has 0 aliphatic rings. The number of halogens is 3. The summed E-state index contributed by atoms with van der Waals surface area (Å²) in [7, 11) is 0. The van der Waals surface area contributed by atoms with Crippen molar-refractivity contribution in [1.29, 1.82) is 0 Å². The Balaban J connectivity index is 2.79. The fourth-order valence-corrected chi connectivity index (χ4v) is 1.14. The fraction of sp³-hybridized carbons (Fsp3) is 0.182. The molecule has 0 heterocycles. The Kier molecular flexibility index (Phi) is 3.99. The molecule has 1 aromatic rings. The number of nitrogens with one attached hydrogen (secondary N) is 1. The van der Waals surface area contributed by atoms with Crippen molar-refractivity contribution in [2.24, 2.45) is 0 Å². The highest BCUT2D eigenvalue weighted by Gasteiger charge is 2.32. The number of aliphatic carboxylic acids is 1. The Bertz CT molecular complexity index is 472. The summed E-state index contributed by atoms with van der Waals surface area (Å²) in [6.07, 6.45) is -4.45. The van der Waals surface area contributed by atoms with Gasteiger partial charge in [0.1, 0.15) is 0 Å². The first kappa shape index (κ1) is 12.9. The topological polar surface area (TPSA) is 49.3 Å². The number of benzene rings is 1. The maximum absolute atomic E-state index is 12.5. The number of carbonyl (C=O) groups is 1. The van der Waals surface area contributed by atoms with E-state index in [1.54, 1.807) is 5.92 Å².